The summed E-state index contributed by atoms with van der Waals surface area (Å²) < 4.78 is 5.54. The molecule has 160 valence electrons. The summed E-state index contributed by atoms with van der Waals surface area (Å²) in [4.78, 5) is 35.0. The molecule has 0 saturated carbocycles. The van der Waals surface area contributed by atoms with E-state index in [9.17, 15) is 9.59 Å². The van der Waals surface area contributed by atoms with Gasteiger partial charge in [-0.3, -0.25) is 14.7 Å². The number of carbonyl (C=O) groups is 2. The maximum absolute atomic E-state index is 12.5. The van der Waals surface area contributed by atoms with Crippen molar-refractivity contribution in [3.8, 4) is 0 Å². The van der Waals surface area contributed by atoms with Crippen molar-refractivity contribution in [2.24, 2.45) is 0 Å². The molecule has 1 aromatic rings. The highest BCUT2D eigenvalue weighted by atomic mass is 16.5. The van der Waals surface area contributed by atoms with Gasteiger partial charge >= 0.3 is 6.03 Å². The van der Waals surface area contributed by atoms with Crippen molar-refractivity contribution in [1.29, 1.82) is 0 Å². The minimum Gasteiger partial charge on any atom is -0.381 e. The van der Waals surface area contributed by atoms with Gasteiger partial charge in [-0.05, 0) is 38.3 Å². The van der Waals surface area contributed by atoms with E-state index in [1.807, 2.05) is 11.8 Å². The summed E-state index contributed by atoms with van der Waals surface area (Å²) in [5, 5.41) is 3.04. The first kappa shape index (κ1) is 21.5. The van der Waals surface area contributed by atoms with Crippen molar-refractivity contribution in [2.75, 3.05) is 53.5 Å². The summed E-state index contributed by atoms with van der Waals surface area (Å²) in [6.45, 7) is 6.30. The van der Waals surface area contributed by atoms with E-state index < -0.39 is 0 Å². The molecule has 3 amide bonds. The van der Waals surface area contributed by atoms with Gasteiger partial charge in [0.1, 0.15) is 0 Å². The Hall–Kier alpha value is -2.19. The number of likely N-dealkylation sites (tertiary alicyclic amines) is 1. The third-order valence-electron chi connectivity index (χ3n) is 5.76. The van der Waals surface area contributed by atoms with E-state index in [4.69, 9.17) is 4.74 Å². The summed E-state index contributed by atoms with van der Waals surface area (Å²) in [5.74, 6) is -0.0711. The molecule has 0 aromatic carbocycles. The maximum Gasteiger partial charge on any atom is 0.319 e. The molecule has 1 atom stereocenters. The second-order valence-electron chi connectivity index (χ2n) is 8.09. The maximum atomic E-state index is 12.5. The van der Waals surface area contributed by atoms with Crippen LogP contribution in [-0.2, 0) is 4.74 Å². The van der Waals surface area contributed by atoms with Crippen LogP contribution in [0.1, 0.15) is 35.3 Å². The quantitative estimate of drug-likeness (QED) is 0.776. The molecule has 0 bridgehead atoms. The van der Waals surface area contributed by atoms with Crippen LogP contribution in [0.25, 0.3) is 0 Å². The van der Waals surface area contributed by atoms with Gasteiger partial charge in [0.15, 0.2) is 0 Å². The van der Waals surface area contributed by atoms with E-state index >= 15 is 0 Å². The Morgan fingerprint density at radius 1 is 1.24 bits per heavy atom. The van der Waals surface area contributed by atoms with Gasteiger partial charge < -0.3 is 19.9 Å². The summed E-state index contributed by atoms with van der Waals surface area (Å²) in [6, 6.07) is 4.36. The zero-order valence-electron chi connectivity index (χ0n) is 17.8. The van der Waals surface area contributed by atoms with Gasteiger partial charge in [-0.2, -0.15) is 0 Å². The van der Waals surface area contributed by atoms with Crippen LogP contribution >= 0.6 is 0 Å². The Balaban J connectivity index is 1.59. The predicted molar refractivity (Wildman–Crippen MR) is 111 cm³/mol. The lowest BCUT2D eigenvalue weighted by molar-refractivity contribution is 0.0188. The topological polar surface area (TPSA) is 78.0 Å². The molecule has 3 heterocycles. The first-order chi connectivity index (χ1) is 14.0. The fourth-order valence-corrected chi connectivity index (χ4v) is 4.24. The summed E-state index contributed by atoms with van der Waals surface area (Å²) in [5.41, 5.74) is 1.47. The number of carbonyl (C=O) groups excluding carboxylic acids is 2. The van der Waals surface area contributed by atoms with Crippen LogP contribution in [0.3, 0.4) is 0 Å². The molecule has 1 aromatic heterocycles. The van der Waals surface area contributed by atoms with E-state index in [1.54, 1.807) is 37.3 Å². The smallest absolute Gasteiger partial charge is 0.319 e. The number of hydrogen-bond donors (Lipinski definition) is 1. The number of hydrogen-bond acceptors (Lipinski definition) is 5. The van der Waals surface area contributed by atoms with Crippen molar-refractivity contribution in [3.63, 3.8) is 0 Å². The third kappa shape index (κ3) is 5.67. The standard InChI is InChI=1S/C21H33N5O3/c1-16-14-17(4-8-22-16)20(27)23-9-11-26(18-6-12-29-13-7-18)19-5-10-25(15-19)21(28)24(2)3/h4,8,14,18-19H,5-7,9-13,15H2,1-3H3,(H,23,27). The minimum absolute atomic E-state index is 0.0702. The highest BCUT2D eigenvalue weighted by Gasteiger charge is 2.34. The molecule has 1 N–H and O–H groups in total. The van der Waals surface area contributed by atoms with Gasteiger partial charge in [0.25, 0.3) is 5.91 Å². The van der Waals surface area contributed by atoms with Crippen LogP contribution < -0.4 is 5.32 Å². The first-order valence-corrected chi connectivity index (χ1v) is 10.5. The Morgan fingerprint density at radius 3 is 2.69 bits per heavy atom. The number of aromatic nitrogens is 1. The largest absolute Gasteiger partial charge is 0.381 e. The monoisotopic (exact) mass is 403 g/mol. The van der Waals surface area contributed by atoms with Crippen molar-refractivity contribution in [3.05, 3.63) is 29.6 Å². The number of urea groups is 1. The third-order valence-corrected chi connectivity index (χ3v) is 5.76. The first-order valence-electron chi connectivity index (χ1n) is 10.5. The number of rotatable bonds is 6. The average molecular weight is 404 g/mol. The van der Waals surface area contributed by atoms with Gasteiger partial charge in [0.05, 0.1) is 0 Å². The molecule has 2 aliphatic rings. The molecule has 2 aliphatic heterocycles. The number of pyridine rings is 1. The summed E-state index contributed by atoms with van der Waals surface area (Å²) in [7, 11) is 3.59. The molecule has 2 saturated heterocycles. The van der Waals surface area contributed by atoms with Crippen molar-refractivity contribution < 1.29 is 14.3 Å². The molecule has 0 aliphatic carbocycles. The highest BCUT2D eigenvalue weighted by molar-refractivity contribution is 5.94. The van der Waals surface area contributed by atoms with Crippen LogP contribution in [-0.4, -0.2) is 97.2 Å². The SMILES string of the molecule is Cc1cc(C(=O)NCCN(C2CCOCC2)C2CCN(C(=O)N(C)C)C2)ccn1. The predicted octanol–water partition coefficient (Wildman–Crippen LogP) is 1.36. The van der Waals surface area contributed by atoms with Gasteiger partial charge in [-0.25, -0.2) is 4.79 Å². The Labute approximate surface area is 173 Å². The van der Waals surface area contributed by atoms with E-state index in [0.717, 1.165) is 57.8 Å². The molecule has 29 heavy (non-hydrogen) atoms. The zero-order valence-corrected chi connectivity index (χ0v) is 17.8. The normalized spacial score (nSPS) is 20.1. The molecule has 8 heteroatoms. The van der Waals surface area contributed by atoms with Crippen LogP contribution in [0.2, 0.25) is 0 Å². The van der Waals surface area contributed by atoms with Crippen molar-refractivity contribution in [2.45, 2.75) is 38.3 Å². The molecular weight excluding hydrogens is 370 g/mol. The molecule has 8 nitrogen and oxygen atoms in total. The average Bonchev–Trinajstić information content (AvgIpc) is 3.20. The van der Waals surface area contributed by atoms with Crippen LogP contribution in [0.15, 0.2) is 18.3 Å². The Morgan fingerprint density at radius 2 is 2.00 bits per heavy atom. The minimum atomic E-state index is -0.0711. The summed E-state index contributed by atoms with van der Waals surface area (Å²) >= 11 is 0. The number of aryl methyl sites for hydroxylation is 1. The number of nitrogens with one attached hydrogen (secondary N) is 1. The van der Waals surface area contributed by atoms with E-state index in [2.05, 4.69) is 15.2 Å². The van der Waals surface area contributed by atoms with Gasteiger partial charge in [0, 0.05) is 83.0 Å². The fraction of sp³-hybridized carbons (Fsp3) is 0.667. The molecule has 1 unspecified atom stereocenters. The van der Waals surface area contributed by atoms with Gasteiger partial charge in [0.2, 0.25) is 0 Å². The molecule has 2 fully saturated rings. The second-order valence-corrected chi connectivity index (χ2v) is 8.09. The molecule has 0 spiro atoms. The highest BCUT2D eigenvalue weighted by Crippen LogP contribution is 2.23. The van der Waals surface area contributed by atoms with E-state index in [-0.39, 0.29) is 11.9 Å². The van der Waals surface area contributed by atoms with Crippen LogP contribution in [0.5, 0.6) is 0 Å². The van der Waals surface area contributed by atoms with Gasteiger partial charge in [-0.15, -0.1) is 0 Å². The number of amides is 3. The zero-order chi connectivity index (χ0) is 20.8. The van der Waals surface area contributed by atoms with Crippen molar-refractivity contribution in [1.82, 2.24) is 25.0 Å². The Bertz CT molecular complexity index is 705. The lowest BCUT2D eigenvalue weighted by Crippen LogP contribution is -2.50. The molecule has 3 rings (SSSR count). The Kier molecular flexibility index (Phi) is 7.44. The van der Waals surface area contributed by atoms with Crippen molar-refractivity contribution >= 4 is 11.9 Å². The molecular formula is C21H33N5O3. The van der Waals surface area contributed by atoms with E-state index in [0.29, 0.717) is 24.2 Å². The van der Waals surface area contributed by atoms with Crippen LogP contribution in [0.4, 0.5) is 4.79 Å². The molecule has 0 radical (unpaired) electrons. The number of ether oxygens (including phenoxy) is 1. The number of nitrogens with zero attached hydrogens (tertiary/aromatic N) is 4. The summed E-state index contributed by atoms with van der Waals surface area (Å²) in [6.07, 6.45) is 4.62. The fourth-order valence-electron chi connectivity index (χ4n) is 4.24. The lowest BCUT2D eigenvalue weighted by atomic mass is 10.0. The lowest BCUT2D eigenvalue weighted by Gasteiger charge is -2.38. The van der Waals surface area contributed by atoms with Crippen LogP contribution in [0, 0.1) is 6.92 Å². The van der Waals surface area contributed by atoms with E-state index in [1.165, 1.54) is 0 Å². The second kappa shape index (κ2) is 10.0. The van der Waals surface area contributed by atoms with Gasteiger partial charge in [-0.1, -0.05) is 0 Å².